The molecule has 7 heteroatoms. The molecule has 20 heavy (non-hydrogen) atoms. The average Bonchev–Trinajstić information content (AvgIpc) is 2.46. The van der Waals surface area contributed by atoms with Gasteiger partial charge in [0.25, 0.3) is 5.91 Å². The molecule has 1 aliphatic heterocycles. The number of nitrogens with zero attached hydrogens (tertiary/aromatic N) is 1. The third-order valence-corrected chi connectivity index (χ3v) is 3.51. The minimum atomic E-state index is -0.957. The van der Waals surface area contributed by atoms with Gasteiger partial charge in [0.1, 0.15) is 5.69 Å². The number of carbonyl (C=O) groups excluding carboxylic acids is 1. The molecule has 0 spiro atoms. The van der Waals surface area contributed by atoms with E-state index in [0.29, 0.717) is 31.7 Å². The maximum Gasteiger partial charge on any atom is 0.311 e. The van der Waals surface area contributed by atoms with Crippen LogP contribution in [0.3, 0.4) is 0 Å². The van der Waals surface area contributed by atoms with E-state index in [-0.39, 0.29) is 12.2 Å². The number of carboxylic acids is 1. The van der Waals surface area contributed by atoms with Crippen LogP contribution in [-0.4, -0.2) is 41.7 Å². The van der Waals surface area contributed by atoms with Crippen LogP contribution in [0.5, 0.6) is 0 Å². The fourth-order valence-corrected chi connectivity index (χ4v) is 2.11. The van der Waals surface area contributed by atoms with Gasteiger partial charge in [-0.05, 0) is 25.0 Å². The number of rotatable bonds is 4. The van der Waals surface area contributed by atoms with Gasteiger partial charge in [-0.25, -0.2) is 4.98 Å². The van der Waals surface area contributed by atoms with Gasteiger partial charge in [0.05, 0.1) is 17.3 Å². The molecule has 2 rings (SSSR count). The Kier molecular flexibility index (Phi) is 4.19. The number of aliphatic carboxylic acids is 1. The van der Waals surface area contributed by atoms with Crippen LogP contribution in [0, 0.1) is 5.41 Å². The van der Waals surface area contributed by atoms with Crippen molar-refractivity contribution in [2.24, 2.45) is 5.41 Å². The van der Waals surface area contributed by atoms with Gasteiger partial charge in [-0.1, -0.05) is 0 Å². The summed E-state index contributed by atoms with van der Waals surface area (Å²) in [6.07, 6.45) is 2.16. The van der Waals surface area contributed by atoms with Gasteiger partial charge in [0.15, 0.2) is 0 Å². The summed E-state index contributed by atoms with van der Waals surface area (Å²) in [7, 11) is 0. The number of ether oxygens (including phenoxy) is 1. The van der Waals surface area contributed by atoms with Crippen LogP contribution in [-0.2, 0) is 9.53 Å². The van der Waals surface area contributed by atoms with E-state index in [1.54, 1.807) is 6.07 Å². The lowest BCUT2D eigenvalue weighted by Crippen LogP contribution is -2.46. The van der Waals surface area contributed by atoms with E-state index >= 15 is 0 Å². The van der Waals surface area contributed by atoms with Crippen molar-refractivity contribution >= 4 is 17.6 Å². The zero-order valence-corrected chi connectivity index (χ0v) is 11.0. The maximum absolute atomic E-state index is 11.9. The fraction of sp³-hybridized carbons (Fsp3) is 0.462. The van der Waals surface area contributed by atoms with Gasteiger partial charge >= 0.3 is 5.97 Å². The van der Waals surface area contributed by atoms with Crippen molar-refractivity contribution in [2.75, 3.05) is 25.5 Å². The highest BCUT2D eigenvalue weighted by Crippen LogP contribution is 2.30. The first-order valence-electron chi connectivity index (χ1n) is 6.34. The van der Waals surface area contributed by atoms with Crippen LogP contribution in [0.4, 0.5) is 5.69 Å². The first kappa shape index (κ1) is 14.3. The van der Waals surface area contributed by atoms with Crippen LogP contribution in [0.2, 0.25) is 0 Å². The molecule has 0 unspecified atom stereocenters. The summed E-state index contributed by atoms with van der Waals surface area (Å²) in [5, 5.41) is 12.0. The van der Waals surface area contributed by atoms with Gasteiger partial charge in [-0.15, -0.1) is 0 Å². The number of carboxylic acid groups (broad SMARTS) is 1. The Labute approximate surface area is 116 Å². The van der Waals surface area contributed by atoms with Crippen molar-refractivity contribution in [3.8, 4) is 0 Å². The van der Waals surface area contributed by atoms with Crippen LogP contribution < -0.4 is 11.1 Å². The van der Waals surface area contributed by atoms with Crippen LogP contribution in [0.25, 0.3) is 0 Å². The summed E-state index contributed by atoms with van der Waals surface area (Å²) < 4.78 is 5.18. The Morgan fingerprint density at radius 2 is 2.10 bits per heavy atom. The van der Waals surface area contributed by atoms with Gasteiger partial charge in [0, 0.05) is 19.8 Å². The molecule has 1 aromatic heterocycles. The second-order valence-electron chi connectivity index (χ2n) is 4.86. The minimum absolute atomic E-state index is 0.0661. The normalized spacial score (nSPS) is 17.4. The molecule has 1 amide bonds. The Morgan fingerprint density at radius 3 is 2.65 bits per heavy atom. The third-order valence-electron chi connectivity index (χ3n) is 3.51. The van der Waals surface area contributed by atoms with E-state index in [9.17, 15) is 14.7 Å². The Bertz CT molecular complexity index is 495. The monoisotopic (exact) mass is 279 g/mol. The molecule has 0 saturated carbocycles. The highest BCUT2D eigenvalue weighted by atomic mass is 16.5. The minimum Gasteiger partial charge on any atom is -0.481 e. The number of amides is 1. The van der Waals surface area contributed by atoms with Gasteiger partial charge < -0.3 is 20.9 Å². The van der Waals surface area contributed by atoms with E-state index in [0.717, 1.165) is 0 Å². The van der Waals surface area contributed by atoms with E-state index in [1.807, 2.05) is 0 Å². The van der Waals surface area contributed by atoms with Crippen LogP contribution in [0.1, 0.15) is 23.3 Å². The molecule has 4 N–H and O–H groups in total. The molecule has 0 bridgehead atoms. The SMILES string of the molecule is Nc1ccc(C(=O)NCC2(C(=O)O)CCOCC2)nc1. The van der Waals surface area contributed by atoms with Crippen molar-refractivity contribution in [1.29, 1.82) is 0 Å². The molecular formula is C13H17N3O4. The predicted octanol–water partition coefficient (Wildman–Crippen LogP) is 0.275. The highest BCUT2D eigenvalue weighted by Gasteiger charge is 2.40. The molecule has 0 atom stereocenters. The summed E-state index contributed by atoms with van der Waals surface area (Å²) in [6.45, 7) is 0.848. The summed E-state index contributed by atoms with van der Waals surface area (Å²) >= 11 is 0. The summed E-state index contributed by atoms with van der Waals surface area (Å²) in [5.74, 6) is -1.32. The standard InChI is InChI=1S/C13H17N3O4/c14-9-1-2-10(15-7-9)11(17)16-8-13(12(18)19)3-5-20-6-4-13/h1-2,7H,3-6,8,14H2,(H,16,17)(H,18,19). The topological polar surface area (TPSA) is 115 Å². The molecule has 1 aliphatic rings. The third kappa shape index (κ3) is 3.05. The average molecular weight is 279 g/mol. The number of carbonyl (C=O) groups is 2. The van der Waals surface area contributed by atoms with Crippen molar-refractivity contribution in [2.45, 2.75) is 12.8 Å². The molecule has 7 nitrogen and oxygen atoms in total. The molecule has 0 aromatic carbocycles. The zero-order chi connectivity index (χ0) is 14.6. The summed E-state index contributed by atoms with van der Waals surface area (Å²) in [6, 6.07) is 3.07. The van der Waals surface area contributed by atoms with E-state index in [2.05, 4.69) is 10.3 Å². The second kappa shape index (κ2) is 5.87. The van der Waals surface area contributed by atoms with E-state index < -0.39 is 17.3 Å². The molecule has 108 valence electrons. The maximum atomic E-state index is 11.9. The summed E-state index contributed by atoms with van der Waals surface area (Å²) in [5.41, 5.74) is 5.22. The van der Waals surface area contributed by atoms with E-state index in [4.69, 9.17) is 10.5 Å². The molecule has 1 aromatic rings. The smallest absolute Gasteiger partial charge is 0.311 e. The summed E-state index contributed by atoms with van der Waals surface area (Å²) in [4.78, 5) is 27.3. The van der Waals surface area contributed by atoms with Crippen molar-refractivity contribution in [3.63, 3.8) is 0 Å². The number of anilines is 1. The molecular weight excluding hydrogens is 262 g/mol. The molecule has 2 heterocycles. The van der Waals surface area contributed by atoms with Crippen molar-refractivity contribution in [3.05, 3.63) is 24.0 Å². The van der Waals surface area contributed by atoms with Gasteiger partial charge in [0.2, 0.25) is 0 Å². The molecule has 1 fully saturated rings. The van der Waals surface area contributed by atoms with Crippen molar-refractivity contribution in [1.82, 2.24) is 10.3 Å². The van der Waals surface area contributed by atoms with Crippen LogP contribution in [0.15, 0.2) is 18.3 Å². The first-order valence-corrected chi connectivity index (χ1v) is 6.34. The second-order valence-corrected chi connectivity index (χ2v) is 4.86. The number of nitrogen functional groups attached to an aromatic ring is 1. The lowest BCUT2D eigenvalue weighted by atomic mass is 9.80. The quantitative estimate of drug-likeness (QED) is 0.729. The van der Waals surface area contributed by atoms with Crippen LogP contribution >= 0.6 is 0 Å². The fourth-order valence-electron chi connectivity index (χ4n) is 2.11. The highest BCUT2D eigenvalue weighted by molar-refractivity contribution is 5.92. The Hall–Kier alpha value is -2.15. The van der Waals surface area contributed by atoms with E-state index in [1.165, 1.54) is 12.3 Å². The number of hydrogen-bond acceptors (Lipinski definition) is 5. The largest absolute Gasteiger partial charge is 0.481 e. The lowest BCUT2D eigenvalue weighted by Gasteiger charge is -2.33. The zero-order valence-electron chi connectivity index (χ0n) is 11.0. The number of aromatic nitrogens is 1. The number of nitrogens with one attached hydrogen (secondary N) is 1. The number of nitrogens with two attached hydrogens (primary N) is 1. The Morgan fingerprint density at radius 1 is 1.40 bits per heavy atom. The lowest BCUT2D eigenvalue weighted by molar-refractivity contribution is -0.154. The number of pyridine rings is 1. The Balaban J connectivity index is 2.00. The molecule has 0 radical (unpaired) electrons. The number of hydrogen-bond donors (Lipinski definition) is 3. The molecule has 1 saturated heterocycles. The van der Waals surface area contributed by atoms with Gasteiger partial charge in [-0.3, -0.25) is 9.59 Å². The first-order chi connectivity index (χ1) is 9.53. The van der Waals surface area contributed by atoms with Gasteiger partial charge in [-0.2, -0.15) is 0 Å². The predicted molar refractivity (Wildman–Crippen MR) is 71.1 cm³/mol. The van der Waals surface area contributed by atoms with Crippen molar-refractivity contribution < 1.29 is 19.4 Å². The molecule has 0 aliphatic carbocycles.